The average molecular weight is 307 g/mol. The van der Waals surface area contributed by atoms with E-state index in [4.69, 9.17) is 0 Å². The van der Waals surface area contributed by atoms with Crippen molar-refractivity contribution in [3.05, 3.63) is 42.1 Å². The fraction of sp³-hybridized carbons (Fsp3) is 0.333. The third kappa shape index (κ3) is 4.92. The van der Waals surface area contributed by atoms with E-state index in [-0.39, 0.29) is 11.6 Å². The molecular formula is C15H19F2N5. The monoisotopic (exact) mass is 307 g/mol. The van der Waals surface area contributed by atoms with E-state index in [9.17, 15) is 8.78 Å². The molecule has 0 atom stereocenters. The molecule has 0 aliphatic heterocycles. The number of nitrogens with one attached hydrogen (secondary N) is 2. The summed E-state index contributed by atoms with van der Waals surface area (Å²) >= 11 is 0. The normalized spacial score (nSPS) is 10.8. The molecule has 2 N–H and O–H groups in total. The van der Waals surface area contributed by atoms with Gasteiger partial charge in [-0.2, -0.15) is 4.98 Å². The second-order valence-electron chi connectivity index (χ2n) is 5.10. The zero-order valence-electron chi connectivity index (χ0n) is 12.6. The predicted octanol–water partition coefficient (Wildman–Crippen LogP) is 2.86. The van der Waals surface area contributed by atoms with Crippen LogP contribution in [0.3, 0.4) is 0 Å². The van der Waals surface area contributed by atoms with Crippen LogP contribution >= 0.6 is 0 Å². The van der Waals surface area contributed by atoms with Crippen molar-refractivity contribution in [3.63, 3.8) is 0 Å². The lowest BCUT2D eigenvalue weighted by Crippen LogP contribution is -2.16. The number of nitrogens with zero attached hydrogens (tertiary/aromatic N) is 3. The van der Waals surface area contributed by atoms with Gasteiger partial charge in [-0.25, -0.2) is 13.8 Å². The van der Waals surface area contributed by atoms with E-state index in [1.165, 1.54) is 0 Å². The largest absolute Gasteiger partial charge is 0.370 e. The van der Waals surface area contributed by atoms with E-state index in [1.54, 1.807) is 12.3 Å². The van der Waals surface area contributed by atoms with Crippen molar-refractivity contribution in [1.29, 1.82) is 0 Å². The van der Waals surface area contributed by atoms with Crippen LogP contribution in [0.2, 0.25) is 0 Å². The highest BCUT2D eigenvalue weighted by molar-refractivity contribution is 5.55. The van der Waals surface area contributed by atoms with Crippen LogP contribution in [0.15, 0.2) is 30.5 Å². The summed E-state index contributed by atoms with van der Waals surface area (Å²) in [5.41, 5.74) is 0.00441. The SMILES string of the molecule is CN(C)CCCNc1ccnc(Nc2cc(F)ccc2F)n1. The summed E-state index contributed by atoms with van der Waals surface area (Å²) in [4.78, 5) is 10.3. The summed E-state index contributed by atoms with van der Waals surface area (Å²) in [5, 5.41) is 5.84. The van der Waals surface area contributed by atoms with Gasteiger partial charge in [-0.3, -0.25) is 0 Å². The molecule has 0 aliphatic carbocycles. The lowest BCUT2D eigenvalue weighted by atomic mass is 10.3. The van der Waals surface area contributed by atoms with Gasteiger partial charge in [0, 0.05) is 18.8 Å². The molecule has 7 heteroatoms. The Bertz CT molecular complexity index is 619. The number of benzene rings is 1. The van der Waals surface area contributed by atoms with Gasteiger partial charge in [0.25, 0.3) is 0 Å². The van der Waals surface area contributed by atoms with E-state index in [2.05, 4.69) is 25.5 Å². The summed E-state index contributed by atoms with van der Waals surface area (Å²) < 4.78 is 26.7. The first-order valence-corrected chi connectivity index (χ1v) is 6.98. The molecule has 5 nitrogen and oxygen atoms in total. The predicted molar refractivity (Wildman–Crippen MR) is 83.3 cm³/mol. The van der Waals surface area contributed by atoms with E-state index < -0.39 is 11.6 Å². The smallest absolute Gasteiger partial charge is 0.229 e. The Morgan fingerprint density at radius 3 is 2.77 bits per heavy atom. The van der Waals surface area contributed by atoms with Gasteiger partial charge in [-0.05, 0) is 45.3 Å². The molecule has 0 spiro atoms. The molecule has 0 saturated carbocycles. The number of hydrogen-bond donors (Lipinski definition) is 2. The van der Waals surface area contributed by atoms with Crippen molar-refractivity contribution in [2.45, 2.75) is 6.42 Å². The van der Waals surface area contributed by atoms with E-state index >= 15 is 0 Å². The highest BCUT2D eigenvalue weighted by Crippen LogP contribution is 2.19. The standard InChI is InChI=1S/C15H19F2N5/c1-22(2)9-3-7-18-14-6-8-19-15(21-14)20-13-10-11(16)4-5-12(13)17/h4-6,8,10H,3,7,9H2,1-2H3,(H2,18,19,20,21). The summed E-state index contributed by atoms with van der Waals surface area (Å²) in [7, 11) is 4.03. The van der Waals surface area contributed by atoms with Gasteiger partial charge in [-0.1, -0.05) is 0 Å². The van der Waals surface area contributed by atoms with Crippen LogP contribution in [0.5, 0.6) is 0 Å². The average Bonchev–Trinajstić information content (AvgIpc) is 2.48. The third-order valence-corrected chi connectivity index (χ3v) is 2.92. The van der Waals surface area contributed by atoms with Crippen LogP contribution in [0.1, 0.15) is 6.42 Å². The third-order valence-electron chi connectivity index (χ3n) is 2.92. The molecule has 2 aromatic rings. The second-order valence-corrected chi connectivity index (χ2v) is 5.10. The molecular weight excluding hydrogens is 288 g/mol. The van der Waals surface area contributed by atoms with Gasteiger partial charge in [0.2, 0.25) is 5.95 Å². The molecule has 1 aromatic heterocycles. The molecule has 22 heavy (non-hydrogen) atoms. The molecule has 2 rings (SSSR count). The second kappa shape index (κ2) is 7.65. The molecule has 0 amide bonds. The lowest BCUT2D eigenvalue weighted by Gasteiger charge is -2.11. The maximum atomic E-state index is 13.6. The van der Waals surface area contributed by atoms with E-state index in [1.807, 2.05) is 14.1 Å². The van der Waals surface area contributed by atoms with Crippen molar-refractivity contribution in [2.75, 3.05) is 37.8 Å². The minimum Gasteiger partial charge on any atom is -0.370 e. The number of hydrogen-bond acceptors (Lipinski definition) is 5. The van der Waals surface area contributed by atoms with Gasteiger partial charge in [0.05, 0.1) is 5.69 Å². The number of aromatic nitrogens is 2. The van der Waals surface area contributed by atoms with Gasteiger partial charge >= 0.3 is 0 Å². The van der Waals surface area contributed by atoms with Crippen LogP contribution in [-0.4, -0.2) is 42.1 Å². The summed E-state index contributed by atoms with van der Waals surface area (Å²) in [6.45, 7) is 1.74. The minimum atomic E-state index is -0.561. The van der Waals surface area contributed by atoms with Crippen LogP contribution < -0.4 is 10.6 Å². The Morgan fingerprint density at radius 1 is 1.18 bits per heavy atom. The highest BCUT2D eigenvalue weighted by Gasteiger charge is 2.06. The quantitative estimate of drug-likeness (QED) is 0.770. The first-order chi connectivity index (χ1) is 10.5. The molecule has 0 unspecified atom stereocenters. The molecule has 1 aromatic carbocycles. The van der Waals surface area contributed by atoms with Gasteiger partial charge in [0.1, 0.15) is 17.5 Å². The van der Waals surface area contributed by atoms with Crippen molar-refractivity contribution in [2.24, 2.45) is 0 Å². The molecule has 118 valence electrons. The van der Waals surface area contributed by atoms with Crippen molar-refractivity contribution >= 4 is 17.5 Å². The zero-order valence-corrected chi connectivity index (χ0v) is 12.6. The van der Waals surface area contributed by atoms with Crippen LogP contribution in [0, 0.1) is 11.6 Å². The van der Waals surface area contributed by atoms with Crippen molar-refractivity contribution in [1.82, 2.24) is 14.9 Å². The minimum absolute atomic E-state index is 0.00441. The molecule has 0 fully saturated rings. The Morgan fingerprint density at radius 2 is 2.00 bits per heavy atom. The number of halogens is 2. The van der Waals surface area contributed by atoms with Crippen LogP contribution in [0.25, 0.3) is 0 Å². The van der Waals surface area contributed by atoms with Gasteiger partial charge in [0.15, 0.2) is 0 Å². The fourth-order valence-corrected chi connectivity index (χ4v) is 1.84. The Hall–Kier alpha value is -2.28. The molecule has 0 bridgehead atoms. The number of rotatable bonds is 7. The fourth-order valence-electron chi connectivity index (χ4n) is 1.84. The lowest BCUT2D eigenvalue weighted by molar-refractivity contribution is 0.405. The Kier molecular flexibility index (Phi) is 5.60. The molecule has 0 aliphatic rings. The topological polar surface area (TPSA) is 53.1 Å². The molecule has 0 radical (unpaired) electrons. The summed E-state index contributed by atoms with van der Waals surface area (Å²) in [6, 6.07) is 4.91. The van der Waals surface area contributed by atoms with Crippen LogP contribution in [0.4, 0.5) is 26.2 Å². The first-order valence-electron chi connectivity index (χ1n) is 6.98. The maximum Gasteiger partial charge on any atom is 0.229 e. The first kappa shape index (κ1) is 16.1. The Balaban J connectivity index is 1.97. The summed E-state index contributed by atoms with van der Waals surface area (Å²) in [6.07, 6.45) is 2.53. The van der Waals surface area contributed by atoms with Crippen LogP contribution in [-0.2, 0) is 0 Å². The van der Waals surface area contributed by atoms with Crippen molar-refractivity contribution < 1.29 is 8.78 Å². The van der Waals surface area contributed by atoms with Gasteiger partial charge in [-0.15, -0.1) is 0 Å². The summed E-state index contributed by atoms with van der Waals surface area (Å²) in [5.74, 6) is -0.244. The van der Waals surface area contributed by atoms with Crippen molar-refractivity contribution in [3.8, 4) is 0 Å². The molecule has 0 saturated heterocycles. The zero-order chi connectivity index (χ0) is 15.9. The van der Waals surface area contributed by atoms with E-state index in [0.717, 1.165) is 37.7 Å². The maximum absolute atomic E-state index is 13.6. The van der Waals surface area contributed by atoms with E-state index in [0.29, 0.717) is 5.82 Å². The van der Waals surface area contributed by atoms with Gasteiger partial charge < -0.3 is 15.5 Å². The molecule has 1 heterocycles. The Labute approximate surface area is 128 Å². The highest BCUT2D eigenvalue weighted by atomic mass is 19.1. The number of anilines is 3.